The first kappa shape index (κ1) is 18.3. The maximum absolute atomic E-state index is 12.0. The van der Waals surface area contributed by atoms with Crippen LogP contribution in [0.25, 0.3) is 0 Å². The molecule has 0 bridgehead atoms. The van der Waals surface area contributed by atoms with Crippen molar-refractivity contribution >= 4 is 17.6 Å². The number of ether oxygens (including phenoxy) is 3. The molecule has 27 heavy (non-hydrogen) atoms. The van der Waals surface area contributed by atoms with Crippen LogP contribution in [-0.2, 0) is 26.1 Å². The van der Waals surface area contributed by atoms with Gasteiger partial charge in [-0.05, 0) is 54.7 Å². The van der Waals surface area contributed by atoms with Gasteiger partial charge in [0.25, 0.3) is 0 Å². The van der Waals surface area contributed by atoms with E-state index in [1.54, 1.807) is 0 Å². The number of fused-ring (bicyclic) bond motifs is 1. The number of hydrogen-bond donors (Lipinski definition) is 0. The molecule has 1 aliphatic heterocycles. The molecule has 0 amide bonds. The Kier molecular flexibility index (Phi) is 5.11. The summed E-state index contributed by atoms with van der Waals surface area (Å²) in [5.41, 5.74) is 3.18. The number of rotatable bonds is 6. The number of benzene rings is 2. The third kappa shape index (κ3) is 3.56. The Morgan fingerprint density at radius 2 is 2.00 bits per heavy atom. The molecule has 2 aromatic carbocycles. The Morgan fingerprint density at radius 3 is 2.67 bits per heavy atom. The van der Waals surface area contributed by atoms with Crippen molar-refractivity contribution < 1.29 is 19.0 Å². The molecule has 4 rings (SSSR count). The summed E-state index contributed by atoms with van der Waals surface area (Å²) < 4.78 is 16.7. The molecule has 2 aliphatic rings. The Balaban J connectivity index is 1.47. The molecule has 142 valence electrons. The van der Waals surface area contributed by atoms with Crippen LogP contribution in [0.3, 0.4) is 0 Å². The van der Waals surface area contributed by atoms with E-state index >= 15 is 0 Å². The molecule has 1 aliphatic carbocycles. The number of esters is 1. The minimum absolute atomic E-state index is 0.0325. The predicted octanol–water partition coefficient (Wildman–Crippen LogP) is 4.63. The molecule has 5 heteroatoms. The van der Waals surface area contributed by atoms with Crippen molar-refractivity contribution in [2.75, 3.05) is 19.8 Å². The lowest BCUT2D eigenvalue weighted by atomic mass is 9.76. The molecule has 2 aromatic rings. The quantitative estimate of drug-likeness (QED) is 0.679. The first-order chi connectivity index (χ1) is 13.1. The van der Waals surface area contributed by atoms with Crippen molar-refractivity contribution in [3.05, 3.63) is 64.2 Å². The fraction of sp³-hybridized carbons (Fsp3) is 0.409. The van der Waals surface area contributed by atoms with Gasteiger partial charge in [-0.1, -0.05) is 35.9 Å². The van der Waals surface area contributed by atoms with Gasteiger partial charge in [0, 0.05) is 5.02 Å². The Hall–Kier alpha value is -2.04. The van der Waals surface area contributed by atoms with E-state index in [1.807, 2.05) is 43.3 Å². The van der Waals surface area contributed by atoms with Gasteiger partial charge in [-0.3, -0.25) is 4.79 Å². The van der Waals surface area contributed by atoms with Crippen LogP contribution in [0.2, 0.25) is 5.02 Å². The predicted molar refractivity (Wildman–Crippen MR) is 103 cm³/mol. The van der Waals surface area contributed by atoms with Gasteiger partial charge in [-0.2, -0.15) is 0 Å². The van der Waals surface area contributed by atoms with Crippen LogP contribution in [0.1, 0.15) is 42.6 Å². The molecule has 0 N–H and O–H groups in total. The Bertz CT molecular complexity index is 827. The highest BCUT2D eigenvalue weighted by Crippen LogP contribution is 2.40. The van der Waals surface area contributed by atoms with Crippen LogP contribution < -0.4 is 4.74 Å². The fourth-order valence-corrected chi connectivity index (χ4v) is 4.23. The molecule has 0 saturated carbocycles. The number of hydrogen-bond acceptors (Lipinski definition) is 4. The lowest BCUT2D eigenvalue weighted by Gasteiger charge is -2.41. The molecule has 1 saturated heterocycles. The average Bonchev–Trinajstić information content (AvgIpc) is 3.04. The van der Waals surface area contributed by atoms with E-state index in [-0.39, 0.29) is 17.5 Å². The summed E-state index contributed by atoms with van der Waals surface area (Å²) in [6.45, 7) is 3.30. The van der Waals surface area contributed by atoms with Crippen molar-refractivity contribution in [3.8, 4) is 5.75 Å². The molecular weight excluding hydrogens is 364 g/mol. The van der Waals surface area contributed by atoms with Crippen LogP contribution in [-0.4, -0.2) is 25.8 Å². The highest BCUT2D eigenvalue weighted by atomic mass is 35.5. The third-order valence-electron chi connectivity index (χ3n) is 5.45. The Morgan fingerprint density at radius 1 is 1.22 bits per heavy atom. The third-order valence-corrected chi connectivity index (χ3v) is 5.80. The molecule has 0 radical (unpaired) electrons. The summed E-state index contributed by atoms with van der Waals surface area (Å²) in [5, 5.41) is 0.819. The van der Waals surface area contributed by atoms with E-state index in [1.165, 1.54) is 11.1 Å². The van der Waals surface area contributed by atoms with E-state index < -0.39 is 0 Å². The van der Waals surface area contributed by atoms with E-state index in [9.17, 15) is 4.79 Å². The minimum atomic E-state index is -0.279. The summed E-state index contributed by atoms with van der Waals surface area (Å²) >= 11 is 6.29. The molecule has 1 unspecified atom stereocenters. The highest BCUT2D eigenvalue weighted by molar-refractivity contribution is 6.31. The van der Waals surface area contributed by atoms with Crippen molar-refractivity contribution in [1.82, 2.24) is 0 Å². The lowest BCUT2D eigenvalue weighted by molar-refractivity contribution is -0.151. The topological polar surface area (TPSA) is 44.8 Å². The van der Waals surface area contributed by atoms with Gasteiger partial charge >= 0.3 is 5.97 Å². The van der Waals surface area contributed by atoms with Crippen molar-refractivity contribution in [2.45, 2.75) is 37.7 Å². The maximum Gasteiger partial charge on any atom is 0.306 e. The van der Waals surface area contributed by atoms with Gasteiger partial charge in [0.15, 0.2) is 0 Å². The zero-order valence-corrected chi connectivity index (χ0v) is 16.1. The van der Waals surface area contributed by atoms with Crippen molar-refractivity contribution in [2.24, 2.45) is 0 Å². The van der Waals surface area contributed by atoms with E-state index in [4.69, 9.17) is 25.8 Å². The van der Waals surface area contributed by atoms with Crippen LogP contribution in [0, 0.1) is 0 Å². The second kappa shape index (κ2) is 7.53. The van der Waals surface area contributed by atoms with Gasteiger partial charge in [0.1, 0.15) is 11.9 Å². The van der Waals surface area contributed by atoms with Crippen molar-refractivity contribution in [1.29, 1.82) is 0 Å². The second-order valence-corrected chi connectivity index (χ2v) is 7.64. The lowest BCUT2D eigenvalue weighted by Crippen LogP contribution is -2.48. The first-order valence-electron chi connectivity index (χ1n) is 9.39. The molecule has 1 fully saturated rings. The van der Waals surface area contributed by atoms with Crippen LogP contribution in [0.15, 0.2) is 42.5 Å². The summed E-state index contributed by atoms with van der Waals surface area (Å²) in [4.78, 5) is 12.0. The van der Waals surface area contributed by atoms with Crippen LogP contribution in [0.4, 0.5) is 0 Å². The second-order valence-electron chi connectivity index (χ2n) is 7.23. The van der Waals surface area contributed by atoms with Gasteiger partial charge in [-0.25, -0.2) is 0 Å². The minimum Gasteiger partial charge on any atom is -0.486 e. The normalized spacial score (nSPS) is 19.9. The molecule has 1 heterocycles. The average molecular weight is 387 g/mol. The zero-order valence-electron chi connectivity index (χ0n) is 15.4. The highest BCUT2D eigenvalue weighted by Gasteiger charge is 2.42. The molecule has 0 aromatic heterocycles. The van der Waals surface area contributed by atoms with Crippen LogP contribution >= 0.6 is 11.6 Å². The number of carbonyl (C=O) groups is 1. The van der Waals surface area contributed by atoms with Gasteiger partial charge < -0.3 is 14.2 Å². The monoisotopic (exact) mass is 386 g/mol. The first-order valence-corrected chi connectivity index (χ1v) is 9.77. The Labute approximate surface area is 164 Å². The van der Waals surface area contributed by atoms with Crippen molar-refractivity contribution in [3.63, 3.8) is 0 Å². The standard InChI is InChI=1S/C22H23ClO4/c1-2-26-21(24)12-22(13-25-14-22)15-6-8-16(9-7-15)27-20-11-10-17-18(20)4-3-5-19(17)23/h3-9,20H,2,10-14H2,1H3. The zero-order chi connectivity index (χ0) is 18.9. The number of carbonyl (C=O) groups excluding carboxylic acids is 1. The van der Waals surface area contributed by atoms with Gasteiger partial charge in [-0.15, -0.1) is 0 Å². The maximum atomic E-state index is 12.0. The van der Waals surface area contributed by atoms with E-state index in [0.29, 0.717) is 26.2 Å². The summed E-state index contributed by atoms with van der Waals surface area (Å²) in [6, 6.07) is 14.0. The SMILES string of the molecule is CCOC(=O)CC1(c2ccc(OC3CCc4c(Cl)cccc43)cc2)COC1. The summed E-state index contributed by atoms with van der Waals surface area (Å²) in [7, 11) is 0. The van der Waals surface area contributed by atoms with Gasteiger partial charge in [0.2, 0.25) is 0 Å². The van der Waals surface area contributed by atoms with Gasteiger partial charge in [0.05, 0.1) is 31.7 Å². The van der Waals surface area contributed by atoms with Crippen LogP contribution in [0.5, 0.6) is 5.75 Å². The summed E-state index contributed by atoms with van der Waals surface area (Å²) in [6.07, 6.45) is 2.25. The van der Waals surface area contributed by atoms with E-state index in [0.717, 1.165) is 29.2 Å². The molecule has 4 nitrogen and oxygen atoms in total. The largest absolute Gasteiger partial charge is 0.486 e. The summed E-state index contributed by atoms with van der Waals surface area (Å²) in [5.74, 6) is 0.642. The smallest absolute Gasteiger partial charge is 0.306 e. The van der Waals surface area contributed by atoms with E-state index in [2.05, 4.69) is 6.07 Å². The molecule has 0 spiro atoms. The molecular formula is C22H23ClO4. The molecule has 1 atom stereocenters. The fourth-order valence-electron chi connectivity index (χ4n) is 3.95. The number of halogens is 1.